The van der Waals surface area contributed by atoms with Gasteiger partial charge in [-0.1, -0.05) is 18.2 Å². The zero-order chi connectivity index (χ0) is 17.7. The third kappa shape index (κ3) is 4.75. The Hall–Kier alpha value is -2.01. The molecule has 1 saturated heterocycles. The molecule has 0 bridgehead atoms. The van der Waals surface area contributed by atoms with Crippen molar-refractivity contribution in [3.05, 3.63) is 41.4 Å². The monoisotopic (exact) mass is 382 g/mol. The maximum Gasteiger partial charge on any atom is 0.257 e. The number of hydrazine groups is 1. The number of aromatic nitrogens is 1. The minimum absolute atomic E-state index is 0.00184. The van der Waals surface area contributed by atoms with Gasteiger partial charge in [0.2, 0.25) is 5.91 Å². The number of sulfonamides is 1. The molecule has 0 saturated carbocycles. The van der Waals surface area contributed by atoms with Crippen LogP contribution in [-0.2, 0) is 26.0 Å². The standard InChI is InChI=1S/C15H18N4O4S2/c20-14(17-18-25(21,22)13-4-2-1-3-5-13)10-12-11-24-15(16-12)19-6-8-23-9-7-19/h1-5,11,18H,6-10H2,(H,17,20). The summed E-state index contributed by atoms with van der Waals surface area (Å²) in [4.78, 5) is 20.7. The SMILES string of the molecule is O=C(Cc1csc(N2CCOCC2)n1)NNS(=O)(=O)c1ccccc1. The lowest BCUT2D eigenvalue weighted by Crippen LogP contribution is -2.42. The molecule has 1 fully saturated rings. The third-order valence-corrected chi connectivity index (χ3v) is 5.76. The molecule has 0 radical (unpaired) electrons. The summed E-state index contributed by atoms with van der Waals surface area (Å²) in [5.74, 6) is -0.474. The van der Waals surface area contributed by atoms with Gasteiger partial charge < -0.3 is 9.64 Å². The third-order valence-electron chi connectivity index (χ3n) is 3.54. The minimum atomic E-state index is -3.78. The lowest BCUT2D eigenvalue weighted by molar-refractivity contribution is -0.120. The van der Waals surface area contributed by atoms with Crippen molar-refractivity contribution in [2.45, 2.75) is 11.3 Å². The summed E-state index contributed by atoms with van der Waals surface area (Å²) >= 11 is 1.46. The molecule has 1 aliphatic rings. The molecule has 1 aromatic heterocycles. The second-order valence-electron chi connectivity index (χ2n) is 5.36. The Morgan fingerprint density at radius 3 is 2.68 bits per heavy atom. The second-order valence-corrected chi connectivity index (χ2v) is 7.88. The molecule has 25 heavy (non-hydrogen) atoms. The van der Waals surface area contributed by atoms with E-state index in [9.17, 15) is 13.2 Å². The summed E-state index contributed by atoms with van der Waals surface area (Å²) in [6.45, 7) is 2.87. The molecule has 3 rings (SSSR count). The van der Waals surface area contributed by atoms with E-state index in [0.29, 0.717) is 18.9 Å². The zero-order valence-electron chi connectivity index (χ0n) is 13.3. The van der Waals surface area contributed by atoms with E-state index in [1.54, 1.807) is 23.6 Å². The predicted molar refractivity (Wildman–Crippen MR) is 93.8 cm³/mol. The van der Waals surface area contributed by atoms with Crippen LogP contribution in [0.3, 0.4) is 0 Å². The number of thiazole rings is 1. The Morgan fingerprint density at radius 1 is 1.24 bits per heavy atom. The maximum atomic E-state index is 12.0. The minimum Gasteiger partial charge on any atom is -0.378 e. The van der Waals surface area contributed by atoms with E-state index in [2.05, 4.69) is 20.1 Å². The van der Waals surface area contributed by atoms with Crippen molar-refractivity contribution in [2.24, 2.45) is 0 Å². The Morgan fingerprint density at radius 2 is 1.96 bits per heavy atom. The van der Waals surface area contributed by atoms with Crippen LogP contribution in [0.2, 0.25) is 0 Å². The first-order valence-corrected chi connectivity index (χ1v) is 10.0. The van der Waals surface area contributed by atoms with Crippen LogP contribution >= 0.6 is 11.3 Å². The first-order valence-electron chi connectivity index (χ1n) is 7.67. The highest BCUT2D eigenvalue weighted by Gasteiger charge is 2.17. The van der Waals surface area contributed by atoms with Gasteiger partial charge in [-0.2, -0.15) is 0 Å². The summed E-state index contributed by atoms with van der Waals surface area (Å²) in [5.41, 5.74) is 2.81. The molecule has 2 N–H and O–H groups in total. The molecule has 2 aromatic rings. The number of anilines is 1. The van der Waals surface area contributed by atoms with Gasteiger partial charge in [0.15, 0.2) is 5.13 Å². The van der Waals surface area contributed by atoms with Gasteiger partial charge >= 0.3 is 0 Å². The number of hydrogen-bond donors (Lipinski definition) is 2. The number of benzene rings is 1. The van der Waals surface area contributed by atoms with E-state index in [1.165, 1.54) is 23.5 Å². The smallest absolute Gasteiger partial charge is 0.257 e. The Kier molecular flexibility index (Phi) is 5.63. The lowest BCUT2D eigenvalue weighted by atomic mass is 10.3. The predicted octanol–water partition coefficient (Wildman–Crippen LogP) is 0.532. The normalized spacial score (nSPS) is 15.1. The Balaban J connectivity index is 1.53. The van der Waals surface area contributed by atoms with E-state index in [4.69, 9.17) is 4.74 Å². The van der Waals surface area contributed by atoms with Crippen LogP contribution in [0.1, 0.15) is 5.69 Å². The van der Waals surface area contributed by atoms with Gasteiger partial charge in [0.1, 0.15) is 0 Å². The molecule has 1 amide bonds. The van der Waals surface area contributed by atoms with E-state index in [1.807, 2.05) is 0 Å². The number of amides is 1. The van der Waals surface area contributed by atoms with Crippen molar-refractivity contribution >= 4 is 32.4 Å². The van der Waals surface area contributed by atoms with Crippen molar-refractivity contribution in [3.63, 3.8) is 0 Å². The van der Waals surface area contributed by atoms with Crippen molar-refractivity contribution in [1.82, 2.24) is 15.2 Å². The highest BCUT2D eigenvalue weighted by Crippen LogP contribution is 2.21. The zero-order valence-corrected chi connectivity index (χ0v) is 15.0. The number of hydrogen-bond acceptors (Lipinski definition) is 7. The largest absolute Gasteiger partial charge is 0.378 e. The Bertz CT molecular complexity index is 817. The second kappa shape index (κ2) is 7.91. The fourth-order valence-corrected chi connectivity index (χ4v) is 4.03. The molecule has 10 heteroatoms. The first kappa shape index (κ1) is 17.8. The number of morpholine rings is 1. The number of ether oxygens (including phenoxy) is 1. The molecule has 0 atom stereocenters. The molecule has 0 unspecified atom stereocenters. The number of nitrogens with one attached hydrogen (secondary N) is 2. The molecule has 8 nitrogen and oxygen atoms in total. The molecule has 134 valence electrons. The first-order chi connectivity index (χ1) is 12.0. The fraction of sp³-hybridized carbons (Fsp3) is 0.333. The molecule has 0 aliphatic carbocycles. The highest BCUT2D eigenvalue weighted by molar-refractivity contribution is 7.89. The molecular weight excluding hydrogens is 364 g/mol. The average Bonchev–Trinajstić information content (AvgIpc) is 3.10. The van der Waals surface area contributed by atoms with Crippen LogP contribution < -0.4 is 15.2 Å². The van der Waals surface area contributed by atoms with Crippen LogP contribution in [0.15, 0.2) is 40.6 Å². The van der Waals surface area contributed by atoms with Crippen molar-refractivity contribution < 1.29 is 17.9 Å². The molecule has 1 aliphatic heterocycles. The van der Waals surface area contributed by atoms with Crippen molar-refractivity contribution in [3.8, 4) is 0 Å². The molecule has 2 heterocycles. The van der Waals surface area contributed by atoms with Crippen LogP contribution in [0, 0.1) is 0 Å². The van der Waals surface area contributed by atoms with Crippen molar-refractivity contribution in [2.75, 3.05) is 31.2 Å². The van der Waals surface area contributed by atoms with Crippen molar-refractivity contribution in [1.29, 1.82) is 0 Å². The number of carbonyl (C=O) groups excluding carboxylic acids is 1. The summed E-state index contributed by atoms with van der Waals surface area (Å²) in [6.07, 6.45) is -0.00184. The number of nitrogens with zero attached hydrogens (tertiary/aromatic N) is 2. The van der Waals surface area contributed by atoms with Crippen LogP contribution in [0.25, 0.3) is 0 Å². The van der Waals surface area contributed by atoms with Crippen LogP contribution in [0.5, 0.6) is 0 Å². The lowest BCUT2D eigenvalue weighted by Gasteiger charge is -2.26. The van der Waals surface area contributed by atoms with Gasteiger partial charge in [0.05, 0.1) is 30.2 Å². The number of rotatable bonds is 6. The van der Waals surface area contributed by atoms with E-state index in [0.717, 1.165) is 18.2 Å². The summed E-state index contributed by atoms with van der Waals surface area (Å²) in [5, 5.41) is 2.65. The quantitative estimate of drug-likeness (QED) is 0.707. The Labute approximate surface area is 149 Å². The maximum absolute atomic E-state index is 12.0. The van der Waals surface area contributed by atoms with Gasteiger partial charge in [-0.25, -0.2) is 13.4 Å². The van der Waals surface area contributed by atoms with Gasteiger partial charge in [-0.05, 0) is 12.1 Å². The van der Waals surface area contributed by atoms with Gasteiger partial charge in [0.25, 0.3) is 10.0 Å². The van der Waals surface area contributed by atoms with Crippen LogP contribution in [0.4, 0.5) is 5.13 Å². The van der Waals surface area contributed by atoms with Gasteiger partial charge in [-0.3, -0.25) is 10.2 Å². The van der Waals surface area contributed by atoms with E-state index < -0.39 is 15.9 Å². The van der Waals surface area contributed by atoms with E-state index in [-0.39, 0.29) is 11.3 Å². The fourth-order valence-electron chi connectivity index (χ4n) is 2.27. The van der Waals surface area contributed by atoms with Gasteiger partial charge in [-0.15, -0.1) is 16.2 Å². The summed E-state index contributed by atoms with van der Waals surface area (Å²) < 4.78 is 29.4. The highest BCUT2D eigenvalue weighted by atomic mass is 32.2. The summed E-state index contributed by atoms with van der Waals surface area (Å²) in [6, 6.07) is 7.83. The molecular formula is C15H18N4O4S2. The van der Waals surface area contributed by atoms with Crippen LogP contribution in [-0.4, -0.2) is 45.6 Å². The molecule has 1 aromatic carbocycles. The average molecular weight is 382 g/mol. The van der Waals surface area contributed by atoms with Gasteiger partial charge in [0, 0.05) is 18.5 Å². The topological polar surface area (TPSA) is 101 Å². The molecule has 0 spiro atoms. The van der Waals surface area contributed by atoms with E-state index >= 15 is 0 Å². The number of carbonyl (C=O) groups is 1. The summed E-state index contributed by atoms with van der Waals surface area (Å²) in [7, 11) is -3.78.